The van der Waals surface area contributed by atoms with Crippen LogP contribution in [-0.2, 0) is 0 Å². The van der Waals surface area contributed by atoms with E-state index < -0.39 is 0 Å². The highest BCUT2D eigenvalue weighted by Crippen LogP contribution is 1.93. The second-order valence-corrected chi connectivity index (χ2v) is 3.31. The van der Waals surface area contributed by atoms with E-state index in [0.29, 0.717) is 0 Å². The molecular formula is C9H22N2. The Morgan fingerprint density at radius 3 is 1.18 bits per heavy atom. The van der Waals surface area contributed by atoms with E-state index >= 15 is 0 Å². The molecule has 0 aromatic carbocycles. The first kappa shape index (κ1) is 10.9. The Balaban J connectivity index is 0.000000292. The fourth-order valence-electron chi connectivity index (χ4n) is 0.906. The molecule has 0 aromatic rings. The highest BCUT2D eigenvalue weighted by atomic mass is 15.2. The predicted octanol–water partition coefficient (Wildman–Crippen LogP) is 1.28. The zero-order valence-electron chi connectivity index (χ0n) is 8.43. The second kappa shape index (κ2) is 6.62. The fraction of sp³-hybridized carbons (Fsp3) is 1.00. The number of piperazine rings is 1. The second-order valence-electron chi connectivity index (χ2n) is 3.31. The van der Waals surface area contributed by atoms with Crippen LogP contribution in [0.1, 0.15) is 20.3 Å². The first-order valence-electron chi connectivity index (χ1n) is 4.57. The Morgan fingerprint density at radius 1 is 0.818 bits per heavy atom. The molecule has 1 aliphatic heterocycles. The highest BCUT2D eigenvalue weighted by Gasteiger charge is 2.07. The van der Waals surface area contributed by atoms with E-state index in [2.05, 4.69) is 37.7 Å². The predicted molar refractivity (Wildman–Crippen MR) is 51.0 cm³/mol. The monoisotopic (exact) mass is 158 g/mol. The molecule has 0 aliphatic carbocycles. The van der Waals surface area contributed by atoms with E-state index in [-0.39, 0.29) is 0 Å². The summed E-state index contributed by atoms with van der Waals surface area (Å²) in [7, 11) is 4.35. The van der Waals surface area contributed by atoms with Crippen molar-refractivity contribution in [3.8, 4) is 0 Å². The van der Waals surface area contributed by atoms with Crippen molar-refractivity contribution < 1.29 is 0 Å². The summed E-state index contributed by atoms with van der Waals surface area (Å²) in [5, 5.41) is 0. The molecule has 0 aromatic heterocycles. The largest absolute Gasteiger partial charge is 0.304 e. The Labute approximate surface area is 71.2 Å². The third kappa shape index (κ3) is 6.32. The molecule has 2 heteroatoms. The number of hydrogen-bond donors (Lipinski definition) is 0. The molecule has 2 nitrogen and oxygen atoms in total. The van der Waals surface area contributed by atoms with Gasteiger partial charge in [-0.3, -0.25) is 0 Å². The summed E-state index contributed by atoms with van der Waals surface area (Å²) in [5.74, 6) is 0. The van der Waals surface area contributed by atoms with E-state index in [0.717, 1.165) is 0 Å². The smallest absolute Gasteiger partial charge is 0.0107 e. The van der Waals surface area contributed by atoms with Gasteiger partial charge in [0, 0.05) is 26.2 Å². The van der Waals surface area contributed by atoms with Gasteiger partial charge in [0.15, 0.2) is 0 Å². The topological polar surface area (TPSA) is 6.48 Å². The molecular weight excluding hydrogens is 136 g/mol. The third-order valence-corrected chi connectivity index (χ3v) is 1.73. The summed E-state index contributed by atoms with van der Waals surface area (Å²) in [5.41, 5.74) is 0. The van der Waals surface area contributed by atoms with Gasteiger partial charge in [0.1, 0.15) is 0 Å². The minimum Gasteiger partial charge on any atom is -0.304 e. The lowest BCUT2D eigenvalue weighted by atomic mass is 10.4. The molecule has 0 radical (unpaired) electrons. The van der Waals surface area contributed by atoms with Crippen molar-refractivity contribution in [3.05, 3.63) is 0 Å². The van der Waals surface area contributed by atoms with E-state index in [1.54, 1.807) is 0 Å². The van der Waals surface area contributed by atoms with E-state index in [1.165, 1.54) is 32.6 Å². The lowest BCUT2D eigenvalue weighted by Crippen LogP contribution is -2.42. The highest BCUT2D eigenvalue weighted by molar-refractivity contribution is 4.64. The number of likely N-dealkylation sites (N-methyl/N-ethyl adjacent to an activating group) is 2. The summed E-state index contributed by atoms with van der Waals surface area (Å²) in [4.78, 5) is 4.72. The third-order valence-electron chi connectivity index (χ3n) is 1.73. The van der Waals surface area contributed by atoms with Gasteiger partial charge in [-0.25, -0.2) is 0 Å². The standard InChI is InChI=1S/C6H14N2.C3H8/c1-7-3-5-8(2)6-4-7;1-3-2/h3-6H2,1-2H3;3H2,1-2H3. The summed E-state index contributed by atoms with van der Waals surface area (Å²) in [6, 6.07) is 0. The maximum atomic E-state index is 2.36. The maximum absolute atomic E-state index is 2.36. The van der Waals surface area contributed by atoms with Crippen LogP contribution in [0.15, 0.2) is 0 Å². The van der Waals surface area contributed by atoms with Crippen LogP contribution in [0.3, 0.4) is 0 Å². The Morgan fingerprint density at radius 2 is 1.00 bits per heavy atom. The number of hydrogen-bond acceptors (Lipinski definition) is 2. The van der Waals surface area contributed by atoms with Crippen LogP contribution < -0.4 is 0 Å². The van der Waals surface area contributed by atoms with Crippen LogP contribution in [0.4, 0.5) is 0 Å². The van der Waals surface area contributed by atoms with Gasteiger partial charge in [-0.05, 0) is 14.1 Å². The molecule has 0 bridgehead atoms. The number of rotatable bonds is 0. The normalized spacial score (nSPS) is 20.7. The average Bonchev–Trinajstić information content (AvgIpc) is 1.97. The first-order chi connectivity index (χ1) is 5.20. The van der Waals surface area contributed by atoms with Gasteiger partial charge in [-0.15, -0.1) is 0 Å². The molecule has 0 atom stereocenters. The van der Waals surface area contributed by atoms with Crippen molar-refractivity contribution in [2.75, 3.05) is 40.3 Å². The quantitative estimate of drug-likeness (QED) is 0.524. The van der Waals surface area contributed by atoms with Gasteiger partial charge in [-0.1, -0.05) is 20.3 Å². The molecule has 0 spiro atoms. The van der Waals surface area contributed by atoms with Crippen molar-refractivity contribution in [3.63, 3.8) is 0 Å². The van der Waals surface area contributed by atoms with Gasteiger partial charge >= 0.3 is 0 Å². The lowest BCUT2D eigenvalue weighted by Gasteiger charge is -2.28. The van der Waals surface area contributed by atoms with Crippen molar-refractivity contribution in [1.82, 2.24) is 9.80 Å². The van der Waals surface area contributed by atoms with Gasteiger partial charge in [-0.2, -0.15) is 0 Å². The number of nitrogens with zero attached hydrogens (tertiary/aromatic N) is 2. The minimum absolute atomic E-state index is 1.23. The van der Waals surface area contributed by atoms with Crippen LogP contribution in [0.25, 0.3) is 0 Å². The van der Waals surface area contributed by atoms with E-state index in [4.69, 9.17) is 0 Å². The summed E-state index contributed by atoms with van der Waals surface area (Å²) >= 11 is 0. The SMILES string of the molecule is CCC.CN1CCN(C)CC1. The molecule has 1 heterocycles. The van der Waals surface area contributed by atoms with Gasteiger partial charge in [0.25, 0.3) is 0 Å². The van der Waals surface area contributed by atoms with Gasteiger partial charge in [0.05, 0.1) is 0 Å². The molecule has 0 saturated carbocycles. The summed E-state index contributed by atoms with van der Waals surface area (Å²) < 4.78 is 0. The molecule has 1 rings (SSSR count). The summed E-state index contributed by atoms with van der Waals surface area (Å²) in [6.07, 6.45) is 1.25. The Bertz CT molecular complexity index is 65.6. The van der Waals surface area contributed by atoms with E-state index in [1.807, 2.05) is 0 Å². The van der Waals surface area contributed by atoms with Crippen molar-refractivity contribution in [2.24, 2.45) is 0 Å². The average molecular weight is 158 g/mol. The van der Waals surface area contributed by atoms with E-state index in [9.17, 15) is 0 Å². The summed E-state index contributed by atoms with van der Waals surface area (Å²) in [6.45, 7) is 9.18. The molecule has 1 fully saturated rings. The van der Waals surface area contributed by atoms with Gasteiger partial charge in [0.2, 0.25) is 0 Å². The Kier molecular flexibility index (Phi) is 6.57. The molecule has 0 N–H and O–H groups in total. The lowest BCUT2D eigenvalue weighted by molar-refractivity contribution is 0.181. The molecule has 68 valence electrons. The van der Waals surface area contributed by atoms with Crippen molar-refractivity contribution >= 4 is 0 Å². The molecule has 1 aliphatic rings. The minimum atomic E-state index is 1.23. The maximum Gasteiger partial charge on any atom is 0.0107 e. The van der Waals surface area contributed by atoms with Crippen LogP contribution in [0.5, 0.6) is 0 Å². The molecule has 1 saturated heterocycles. The zero-order valence-corrected chi connectivity index (χ0v) is 8.43. The van der Waals surface area contributed by atoms with Crippen LogP contribution >= 0.6 is 0 Å². The van der Waals surface area contributed by atoms with Gasteiger partial charge < -0.3 is 9.80 Å². The molecule has 11 heavy (non-hydrogen) atoms. The van der Waals surface area contributed by atoms with Crippen molar-refractivity contribution in [2.45, 2.75) is 20.3 Å². The van der Waals surface area contributed by atoms with Crippen LogP contribution in [-0.4, -0.2) is 50.1 Å². The van der Waals surface area contributed by atoms with Crippen LogP contribution in [0, 0.1) is 0 Å². The van der Waals surface area contributed by atoms with Crippen molar-refractivity contribution in [1.29, 1.82) is 0 Å². The zero-order chi connectivity index (χ0) is 8.69. The first-order valence-corrected chi connectivity index (χ1v) is 4.57. The van der Waals surface area contributed by atoms with Crippen LogP contribution in [0.2, 0.25) is 0 Å². The molecule has 0 unspecified atom stereocenters. The fourth-order valence-corrected chi connectivity index (χ4v) is 0.906. The Hall–Kier alpha value is -0.0800. The molecule has 0 amide bonds.